The average molecular weight is 253 g/mol. The van der Waals surface area contributed by atoms with Crippen molar-refractivity contribution in [3.8, 4) is 0 Å². The van der Waals surface area contributed by atoms with E-state index in [1.54, 1.807) is 12.4 Å². The Labute approximate surface area is 106 Å². The number of hydrogen-bond donors (Lipinski definition) is 0. The summed E-state index contributed by atoms with van der Waals surface area (Å²) in [6.45, 7) is 2.22. The molecule has 0 saturated carbocycles. The van der Waals surface area contributed by atoms with Gasteiger partial charge in [0.1, 0.15) is 11.0 Å². The van der Waals surface area contributed by atoms with Gasteiger partial charge in [-0.3, -0.25) is 9.38 Å². The maximum absolute atomic E-state index is 6.09. The highest BCUT2D eigenvalue weighted by Crippen LogP contribution is 2.14. The molecule has 0 fully saturated rings. The van der Waals surface area contributed by atoms with Crippen LogP contribution in [0.2, 0.25) is 5.15 Å². The number of hydrogen-bond acceptors (Lipinski definition) is 3. The standard InChI is InChI=1S/C12H17ClN4/c1-2-3-4-5-6-7-11-15-16-12-9-14-8-10(13)17(11)12/h8-9H,2-7H2,1H3. The molecule has 2 aromatic rings. The highest BCUT2D eigenvalue weighted by molar-refractivity contribution is 6.29. The lowest BCUT2D eigenvalue weighted by molar-refractivity contribution is 0.620. The molecule has 92 valence electrons. The van der Waals surface area contributed by atoms with Crippen molar-refractivity contribution >= 4 is 17.2 Å². The molecule has 2 aromatic heterocycles. The molecule has 5 heteroatoms. The maximum atomic E-state index is 6.09. The van der Waals surface area contributed by atoms with Crippen molar-refractivity contribution in [2.45, 2.75) is 45.4 Å². The van der Waals surface area contributed by atoms with Gasteiger partial charge in [-0.05, 0) is 6.42 Å². The molecule has 17 heavy (non-hydrogen) atoms. The van der Waals surface area contributed by atoms with E-state index in [2.05, 4.69) is 22.1 Å². The summed E-state index contributed by atoms with van der Waals surface area (Å²) < 4.78 is 1.87. The molecule has 0 bridgehead atoms. The second-order valence-electron chi connectivity index (χ2n) is 4.20. The molecule has 4 nitrogen and oxygen atoms in total. The summed E-state index contributed by atoms with van der Waals surface area (Å²) in [7, 11) is 0. The van der Waals surface area contributed by atoms with Crippen molar-refractivity contribution in [1.29, 1.82) is 0 Å². The molecule has 0 N–H and O–H groups in total. The van der Waals surface area contributed by atoms with Crippen LogP contribution in [0.25, 0.3) is 5.65 Å². The Bertz CT molecular complexity index is 480. The molecule has 0 atom stereocenters. The van der Waals surface area contributed by atoms with Crippen LogP contribution in [-0.2, 0) is 6.42 Å². The van der Waals surface area contributed by atoms with E-state index < -0.39 is 0 Å². The van der Waals surface area contributed by atoms with Gasteiger partial charge in [0.15, 0.2) is 5.65 Å². The normalized spacial score (nSPS) is 11.2. The van der Waals surface area contributed by atoms with E-state index >= 15 is 0 Å². The molecule has 0 amide bonds. The van der Waals surface area contributed by atoms with Gasteiger partial charge in [-0.1, -0.05) is 44.2 Å². The summed E-state index contributed by atoms with van der Waals surface area (Å²) in [4.78, 5) is 3.99. The highest BCUT2D eigenvalue weighted by Gasteiger charge is 2.07. The Morgan fingerprint density at radius 2 is 1.94 bits per heavy atom. The van der Waals surface area contributed by atoms with Crippen LogP contribution in [0.5, 0.6) is 0 Å². The third-order valence-electron chi connectivity index (χ3n) is 2.84. The molecule has 2 rings (SSSR count). The fourth-order valence-electron chi connectivity index (χ4n) is 1.92. The van der Waals surface area contributed by atoms with Gasteiger partial charge in [0.05, 0.1) is 12.4 Å². The third-order valence-corrected chi connectivity index (χ3v) is 3.11. The van der Waals surface area contributed by atoms with E-state index in [-0.39, 0.29) is 0 Å². The zero-order chi connectivity index (χ0) is 12.1. The fourth-order valence-corrected chi connectivity index (χ4v) is 2.16. The lowest BCUT2D eigenvalue weighted by atomic mass is 10.1. The summed E-state index contributed by atoms with van der Waals surface area (Å²) in [6.07, 6.45) is 10.5. The number of aromatic nitrogens is 4. The Balaban J connectivity index is 1.99. The van der Waals surface area contributed by atoms with E-state index in [1.165, 1.54) is 25.7 Å². The van der Waals surface area contributed by atoms with Crippen LogP contribution in [0.3, 0.4) is 0 Å². The van der Waals surface area contributed by atoms with Crippen LogP contribution >= 0.6 is 11.6 Å². The highest BCUT2D eigenvalue weighted by atomic mass is 35.5. The monoisotopic (exact) mass is 252 g/mol. The van der Waals surface area contributed by atoms with E-state index in [9.17, 15) is 0 Å². The minimum atomic E-state index is 0.580. The molecule has 0 aliphatic heterocycles. The Morgan fingerprint density at radius 3 is 2.76 bits per heavy atom. The Morgan fingerprint density at radius 1 is 1.12 bits per heavy atom. The number of unbranched alkanes of at least 4 members (excludes halogenated alkanes) is 4. The molecule has 0 aliphatic carbocycles. The Kier molecular flexibility index (Phi) is 4.31. The van der Waals surface area contributed by atoms with Crippen LogP contribution < -0.4 is 0 Å². The predicted molar refractivity (Wildman–Crippen MR) is 68.3 cm³/mol. The molecule has 0 radical (unpaired) electrons. The fraction of sp³-hybridized carbons (Fsp3) is 0.583. The van der Waals surface area contributed by atoms with E-state index in [0.717, 1.165) is 24.3 Å². The van der Waals surface area contributed by atoms with E-state index in [4.69, 9.17) is 11.6 Å². The van der Waals surface area contributed by atoms with Crippen molar-refractivity contribution in [2.75, 3.05) is 0 Å². The number of rotatable bonds is 6. The lowest BCUT2D eigenvalue weighted by Crippen LogP contribution is -1.97. The summed E-state index contributed by atoms with van der Waals surface area (Å²) in [6, 6.07) is 0. The van der Waals surface area contributed by atoms with Gasteiger partial charge in [-0.2, -0.15) is 0 Å². The predicted octanol–water partition coefficient (Wildman–Crippen LogP) is 3.29. The molecule has 2 heterocycles. The lowest BCUT2D eigenvalue weighted by Gasteiger charge is -2.01. The van der Waals surface area contributed by atoms with E-state index in [0.29, 0.717) is 5.15 Å². The summed E-state index contributed by atoms with van der Waals surface area (Å²) >= 11 is 6.09. The zero-order valence-corrected chi connectivity index (χ0v) is 10.8. The van der Waals surface area contributed by atoms with Gasteiger partial charge < -0.3 is 0 Å². The van der Waals surface area contributed by atoms with Gasteiger partial charge >= 0.3 is 0 Å². The van der Waals surface area contributed by atoms with Crippen molar-refractivity contribution in [1.82, 2.24) is 19.6 Å². The van der Waals surface area contributed by atoms with Gasteiger partial charge in [0.25, 0.3) is 0 Å². The maximum Gasteiger partial charge on any atom is 0.180 e. The first-order valence-corrected chi connectivity index (χ1v) is 6.54. The zero-order valence-electron chi connectivity index (χ0n) is 10.1. The molecular weight excluding hydrogens is 236 g/mol. The molecule has 0 spiro atoms. The van der Waals surface area contributed by atoms with Crippen LogP contribution in [0, 0.1) is 0 Å². The second-order valence-corrected chi connectivity index (χ2v) is 4.59. The first-order valence-electron chi connectivity index (χ1n) is 6.16. The number of halogens is 1. The SMILES string of the molecule is CCCCCCCc1nnc2cncc(Cl)n12. The van der Waals surface area contributed by atoms with Crippen molar-refractivity contribution in [2.24, 2.45) is 0 Å². The molecular formula is C12H17ClN4. The van der Waals surface area contributed by atoms with Gasteiger partial charge in [0.2, 0.25) is 0 Å². The van der Waals surface area contributed by atoms with Crippen molar-refractivity contribution in [3.05, 3.63) is 23.4 Å². The van der Waals surface area contributed by atoms with Crippen molar-refractivity contribution in [3.63, 3.8) is 0 Å². The van der Waals surface area contributed by atoms with Crippen LogP contribution in [0.1, 0.15) is 44.9 Å². The number of aryl methyl sites for hydroxylation is 1. The van der Waals surface area contributed by atoms with Crippen molar-refractivity contribution < 1.29 is 0 Å². The second kappa shape index (κ2) is 5.96. The van der Waals surface area contributed by atoms with E-state index in [1.807, 2.05) is 4.40 Å². The summed E-state index contributed by atoms with van der Waals surface area (Å²) in [5, 5.41) is 8.80. The minimum Gasteiger partial charge on any atom is -0.266 e. The molecule has 0 saturated heterocycles. The first kappa shape index (κ1) is 12.3. The van der Waals surface area contributed by atoms with Crippen LogP contribution in [0.4, 0.5) is 0 Å². The van der Waals surface area contributed by atoms with Gasteiger partial charge in [0, 0.05) is 6.42 Å². The quantitative estimate of drug-likeness (QED) is 0.741. The van der Waals surface area contributed by atoms with Crippen LogP contribution in [-0.4, -0.2) is 19.6 Å². The number of nitrogens with zero attached hydrogens (tertiary/aromatic N) is 4. The van der Waals surface area contributed by atoms with Crippen LogP contribution in [0.15, 0.2) is 12.4 Å². The largest absolute Gasteiger partial charge is 0.266 e. The molecule has 0 unspecified atom stereocenters. The van der Waals surface area contributed by atoms with Gasteiger partial charge in [-0.15, -0.1) is 10.2 Å². The van der Waals surface area contributed by atoms with Gasteiger partial charge in [-0.25, -0.2) is 0 Å². The molecule has 0 aromatic carbocycles. The smallest absolute Gasteiger partial charge is 0.180 e. The average Bonchev–Trinajstić information content (AvgIpc) is 2.74. The first-order chi connectivity index (χ1) is 8.33. The topological polar surface area (TPSA) is 43.1 Å². The third kappa shape index (κ3) is 2.94. The minimum absolute atomic E-state index is 0.580. The number of fused-ring (bicyclic) bond motifs is 1. The molecule has 0 aliphatic rings. The summed E-state index contributed by atoms with van der Waals surface area (Å²) in [5.74, 6) is 0.934. The Hall–Kier alpha value is -1.16. The summed E-state index contributed by atoms with van der Waals surface area (Å²) in [5.41, 5.74) is 0.723.